The van der Waals surface area contributed by atoms with Gasteiger partial charge in [0.25, 0.3) is 5.91 Å². The first-order valence-electron chi connectivity index (χ1n) is 6.80. The molecule has 1 aliphatic rings. The van der Waals surface area contributed by atoms with Crippen LogP contribution in [0.1, 0.15) is 25.8 Å². The summed E-state index contributed by atoms with van der Waals surface area (Å²) in [6, 6.07) is 6.58. The Morgan fingerprint density at radius 1 is 1.45 bits per heavy atom. The molecule has 5 nitrogen and oxygen atoms in total. The number of aliphatic carboxylic acids is 1. The Kier molecular flexibility index (Phi) is 4.27. The van der Waals surface area contributed by atoms with Crippen molar-refractivity contribution in [1.29, 1.82) is 0 Å². The molecule has 1 amide bonds. The molecule has 3 atom stereocenters. The van der Waals surface area contributed by atoms with Crippen LogP contribution in [0.2, 0.25) is 0 Å². The van der Waals surface area contributed by atoms with Crippen LogP contribution >= 0.6 is 0 Å². The van der Waals surface area contributed by atoms with Gasteiger partial charge in [0.2, 0.25) is 0 Å². The number of carbonyl (C=O) groups is 2. The molecular formula is C15H19NO4. The number of hydrogen-bond donors (Lipinski definition) is 2. The molecule has 0 spiro atoms. The average molecular weight is 277 g/mol. The Balaban J connectivity index is 2.01. The van der Waals surface area contributed by atoms with E-state index in [1.54, 1.807) is 0 Å². The van der Waals surface area contributed by atoms with Gasteiger partial charge in [0, 0.05) is 6.42 Å². The molecule has 1 aromatic rings. The SMILES string of the molecule is CC[C@H](C)[C@@H](NC(=O)[C@@H]1Cc2ccccc2O1)C(=O)O. The highest BCUT2D eigenvalue weighted by atomic mass is 16.5. The van der Waals surface area contributed by atoms with Crippen LogP contribution in [0, 0.1) is 5.92 Å². The van der Waals surface area contributed by atoms with E-state index in [0.29, 0.717) is 18.6 Å². The minimum Gasteiger partial charge on any atom is -0.480 e. The highest BCUT2D eigenvalue weighted by molar-refractivity contribution is 5.87. The topological polar surface area (TPSA) is 75.6 Å². The molecule has 108 valence electrons. The molecule has 5 heteroatoms. The van der Waals surface area contributed by atoms with Crippen molar-refractivity contribution < 1.29 is 19.4 Å². The number of nitrogens with one attached hydrogen (secondary N) is 1. The van der Waals surface area contributed by atoms with Crippen molar-refractivity contribution >= 4 is 11.9 Å². The van der Waals surface area contributed by atoms with Gasteiger partial charge < -0.3 is 15.2 Å². The van der Waals surface area contributed by atoms with Gasteiger partial charge in [-0.3, -0.25) is 4.79 Å². The second-order valence-corrected chi connectivity index (χ2v) is 5.13. The normalized spacial score (nSPS) is 19.6. The number of benzene rings is 1. The summed E-state index contributed by atoms with van der Waals surface area (Å²) in [6.07, 6.45) is 0.524. The molecule has 0 aromatic heterocycles. The smallest absolute Gasteiger partial charge is 0.326 e. The van der Waals surface area contributed by atoms with Crippen LogP contribution in [0.3, 0.4) is 0 Å². The number of carboxylic acid groups (broad SMARTS) is 1. The van der Waals surface area contributed by atoms with Crippen LogP contribution in [0.5, 0.6) is 5.75 Å². The lowest BCUT2D eigenvalue weighted by Gasteiger charge is -2.21. The first-order chi connectivity index (χ1) is 9.52. The molecule has 1 heterocycles. The number of ether oxygens (including phenoxy) is 1. The van der Waals surface area contributed by atoms with Crippen molar-refractivity contribution in [3.8, 4) is 5.75 Å². The first kappa shape index (κ1) is 14.4. The summed E-state index contributed by atoms with van der Waals surface area (Å²) in [4.78, 5) is 23.4. The Bertz CT molecular complexity index is 489. The van der Waals surface area contributed by atoms with E-state index in [2.05, 4.69) is 5.32 Å². The molecule has 2 rings (SSSR count). The molecule has 1 aliphatic heterocycles. The second-order valence-electron chi connectivity index (χ2n) is 5.13. The number of carboxylic acids is 1. The minimum absolute atomic E-state index is 0.125. The average Bonchev–Trinajstić information content (AvgIpc) is 2.87. The van der Waals surface area contributed by atoms with Gasteiger partial charge in [0.05, 0.1) is 0 Å². The number of hydrogen-bond acceptors (Lipinski definition) is 3. The highest BCUT2D eigenvalue weighted by Gasteiger charge is 2.33. The van der Waals surface area contributed by atoms with Crippen molar-refractivity contribution in [1.82, 2.24) is 5.32 Å². The second kappa shape index (κ2) is 5.94. The van der Waals surface area contributed by atoms with Gasteiger partial charge >= 0.3 is 5.97 Å². The van der Waals surface area contributed by atoms with E-state index in [4.69, 9.17) is 4.74 Å². The first-order valence-corrected chi connectivity index (χ1v) is 6.80. The maximum Gasteiger partial charge on any atom is 0.326 e. The molecule has 0 saturated heterocycles. The van der Waals surface area contributed by atoms with Gasteiger partial charge in [-0.2, -0.15) is 0 Å². The lowest BCUT2D eigenvalue weighted by atomic mass is 9.99. The van der Waals surface area contributed by atoms with E-state index in [1.807, 2.05) is 38.1 Å². The summed E-state index contributed by atoms with van der Waals surface area (Å²) in [5.74, 6) is -0.805. The maximum absolute atomic E-state index is 12.1. The third-order valence-corrected chi connectivity index (χ3v) is 3.72. The molecule has 1 aromatic carbocycles. The van der Waals surface area contributed by atoms with Gasteiger partial charge in [-0.25, -0.2) is 4.79 Å². The molecule has 0 aliphatic carbocycles. The Morgan fingerprint density at radius 3 is 2.75 bits per heavy atom. The van der Waals surface area contributed by atoms with Gasteiger partial charge in [-0.1, -0.05) is 38.5 Å². The van der Waals surface area contributed by atoms with Gasteiger partial charge in [0.1, 0.15) is 11.8 Å². The van der Waals surface area contributed by atoms with Crippen LogP contribution in [0.25, 0.3) is 0 Å². The van der Waals surface area contributed by atoms with Crippen molar-refractivity contribution in [3.05, 3.63) is 29.8 Å². The standard InChI is InChI=1S/C15H19NO4/c1-3-9(2)13(15(18)19)16-14(17)12-8-10-6-4-5-7-11(10)20-12/h4-7,9,12-13H,3,8H2,1-2H3,(H,16,17)(H,18,19)/t9-,12-,13+/m0/s1. The van der Waals surface area contributed by atoms with E-state index in [9.17, 15) is 14.7 Å². The molecule has 2 N–H and O–H groups in total. The summed E-state index contributed by atoms with van der Waals surface area (Å²) in [5.41, 5.74) is 0.975. The minimum atomic E-state index is -1.01. The van der Waals surface area contributed by atoms with Gasteiger partial charge in [0.15, 0.2) is 6.10 Å². The van der Waals surface area contributed by atoms with Crippen LogP contribution in [0.15, 0.2) is 24.3 Å². The lowest BCUT2D eigenvalue weighted by molar-refractivity contribution is -0.144. The van der Waals surface area contributed by atoms with Gasteiger partial charge in [-0.15, -0.1) is 0 Å². The Hall–Kier alpha value is -2.04. The summed E-state index contributed by atoms with van der Waals surface area (Å²) >= 11 is 0. The number of rotatable bonds is 5. The van der Waals surface area contributed by atoms with Gasteiger partial charge in [-0.05, 0) is 17.5 Å². The van der Waals surface area contributed by atoms with Crippen LogP contribution in [-0.4, -0.2) is 29.1 Å². The number of carbonyl (C=O) groups excluding carboxylic acids is 1. The molecule has 0 fully saturated rings. The molecule has 0 saturated carbocycles. The Labute approximate surface area is 117 Å². The predicted octanol–water partition coefficient (Wildman–Crippen LogP) is 1.61. The lowest BCUT2D eigenvalue weighted by Crippen LogP contribution is -2.49. The summed E-state index contributed by atoms with van der Waals surface area (Å²) in [6.45, 7) is 3.71. The van der Waals surface area contributed by atoms with Crippen molar-refractivity contribution in [2.75, 3.05) is 0 Å². The van der Waals surface area contributed by atoms with Crippen LogP contribution < -0.4 is 10.1 Å². The number of para-hydroxylation sites is 1. The Morgan fingerprint density at radius 2 is 2.15 bits per heavy atom. The van der Waals surface area contributed by atoms with Crippen molar-refractivity contribution in [2.45, 2.75) is 38.8 Å². The predicted molar refractivity (Wildman–Crippen MR) is 73.6 cm³/mol. The monoisotopic (exact) mass is 277 g/mol. The van der Waals surface area contributed by atoms with E-state index < -0.39 is 18.1 Å². The zero-order valence-electron chi connectivity index (χ0n) is 11.6. The third kappa shape index (κ3) is 2.92. The van der Waals surface area contributed by atoms with Crippen molar-refractivity contribution in [2.24, 2.45) is 5.92 Å². The number of amides is 1. The molecule has 0 bridgehead atoms. The maximum atomic E-state index is 12.1. The zero-order chi connectivity index (χ0) is 14.7. The molecule has 0 radical (unpaired) electrons. The third-order valence-electron chi connectivity index (χ3n) is 3.72. The largest absolute Gasteiger partial charge is 0.480 e. The van der Waals surface area contributed by atoms with Crippen molar-refractivity contribution in [3.63, 3.8) is 0 Å². The highest BCUT2D eigenvalue weighted by Crippen LogP contribution is 2.28. The summed E-state index contributed by atoms with van der Waals surface area (Å²) in [5, 5.41) is 11.8. The molecule has 0 unspecified atom stereocenters. The summed E-state index contributed by atoms with van der Waals surface area (Å²) < 4.78 is 5.56. The fourth-order valence-electron chi connectivity index (χ4n) is 2.26. The van der Waals surface area contributed by atoms with E-state index in [-0.39, 0.29) is 11.8 Å². The summed E-state index contributed by atoms with van der Waals surface area (Å²) in [7, 11) is 0. The fourth-order valence-corrected chi connectivity index (χ4v) is 2.26. The molecule has 20 heavy (non-hydrogen) atoms. The zero-order valence-corrected chi connectivity index (χ0v) is 11.6. The van der Waals surface area contributed by atoms with E-state index in [1.165, 1.54) is 0 Å². The van der Waals surface area contributed by atoms with E-state index in [0.717, 1.165) is 5.56 Å². The molecular weight excluding hydrogens is 258 g/mol. The quantitative estimate of drug-likeness (QED) is 0.857. The fraction of sp³-hybridized carbons (Fsp3) is 0.467. The van der Waals surface area contributed by atoms with Crippen LogP contribution in [-0.2, 0) is 16.0 Å². The number of fused-ring (bicyclic) bond motifs is 1. The van der Waals surface area contributed by atoms with Crippen LogP contribution in [0.4, 0.5) is 0 Å². The van der Waals surface area contributed by atoms with E-state index >= 15 is 0 Å².